The maximum atomic E-state index is 12.6. The molecule has 1 atom stereocenters. The summed E-state index contributed by atoms with van der Waals surface area (Å²) in [6.07, 6.45) is 4.34. The van der Waals surface area contributed by atoms with E-state index >= 15 is 0 Å². The smallest absolute Gasteiger partial charge is 0.338 e. The van der Waals surface area contributed by atoms with Gasteiger partial charge in [-0.15, -0.1) is 11.3 Å². The van der Waals surface area contributed by atoms with Crippen molar-refractivity contribution in [3.05, 3.63) is 54.1 Å². The molecule has 3 rings (SSSR count). The van der Waals surface area contributed by atoms with Crippen LogP contribution in [0.5, 0.6) is 0 Å². The third-order valence-corrected chi connectivity index (χ3v) is 5.59. The minimum Gasteiger partial charge on any atom is -0.462 e. The summed E-state index contributed by atoms with van der Waals surface area (Å²) in [6, 6.07) is 11.6. The number of allylic oxidation sites excluding steroid dienone is 1. The molecule has 0 aliphatic carbocycles. The van der Waals surface area contributed by atoms with Crippen molar-refractivity contribution < 1.29 is 14.3 Å². The van der Waals surface area contributed by atoms with Gasteiger partial charge < -0.3 is 10.1 Å². The van der Waals surface area contributed by atoms with Gasteiger partial charge in [0, 0.05) is 11.4 Å². The van der Waals surface area contributed by atoms with Gasteiger partial charge in [0.15, 0.2) is 0 Å². The normalized spacial score (nSPS) is 16.6. The van der Waals surface area contributed by atoms with E-state index in [0.717, 1.165) is 35.0 Å². The molecule has 1 N–H and O–H groups in total. The van der Waals surface area contributed by atoms with E-state index in [2.05, 4.69) is 5.32 Å². The first-order valence-corrected chi connectivity index (χ1v) is 9.99. The topological polar surface area (TPSA) is 58.6 Å². The predicted octanol–water partition coefficient (Wildman–Crippen LogP) is 3.86. The Hall–Kier alpha value is -2.44. The van der Waals surface area contributed by atoms with Gasteiger partial charge in [-0.05, 0) is 62.7 Å². The van der Waals surface area contributed by atoms with Crippen molar-refractivity contribution in [2.24, 2.45) is 0 Å². The lowest BCUT2D eigenvalue weighted by Gasteiger charge is -2.26. The van der Waals surface area contributed by atoms with E-state index in [4.69, 9.17) is 4.74 Å². The average molecular weight is 385 g/mol. The second-order valence-electron chi connectivity index (χ2n) is 6.29. The molecule has 1 unspecified atom stereocenters. The summed E-state index contributed by atoms with van der Waals surface area (Å²) >= 11 is 1.59. The Bertz CT molecular complexity index is 820. The lowest BCUT2D eigenvalue weighted by molar-refractivity contribution is -0.114. The molecule has 1 aromatic carbocycles. The Kier molecular flexibility index (Phi) is 6.42. The van der Waals surface area contributed by atoms with Crippen LogP contribution in [0.2, 0.25) is 0 Å². The molecule has 2 aromatic rings. The van der Waals surface area contributed by atoms with Crippen LogP contribution in [0.15, 0.2) is 48.6 Å². The van der Waals surface area contributed by atoms with Crippen molar-refractivity contribution in [1.29, 1.82) is 0 Å². The van der Waals surface area contributed by atoms with Gasteiger partial charge in [0.1, 0.15) is 0 Å². The van der Waals surface area contributed by atoms with Crippen LogP contribution in [0.3, 0.4) is 0 Å². The lowest BCUT2D eigenvalue weighted by Crippen LogP contribution is -2.40. The number of benzene rings is 1. The van der Waals surface area contributed by atoms with Gasteiger partial charge >= 0.3 is 5.97 Å². The van der Waals surface area contributed by atoms with Gasteiger partial charge in [-0.25, -0.2) is 4.79 Å². The fraction of sp³-hybridized carbons (Fsp3) is 0.333. The molecular formula is C21H24N2O3S. The van der Waals surface area contributed by atoms with Crippen LogP contribution in [0.4, 0.5) is 5.00 Å². The molecule has 142 valence electrons. The zero-order valence-electron chi connectivity index (χ0n) is 15.6. The van der Waals surface area contributed by atoms with Crippen molar-refractivity contribution in [3.63, 3.8) is 0 Å². The molecule has 1 saturated heterocycles. The van der Waals surface area contributed by atoms with Crippen LogP contribution < -0.4 is 10.2 Å². The largest absolute Gasteiger partial charge is 0.462 e. The zero-order chi connectivity index (χ0) is 19.2. The zero-order valence-corrected chi connectivity index (χ0v) is 16.4. The van der Waals surface area contributed by atoms with E-state index in [1.54, 1.807) is 42.5 Å². The summed E-state index contributed by atoms with van der Waals surface area (Å²) in [4.78, 5) is 27.4. The molecule has 6 heteroatoms. The van der Waals surface area contributed by atoms with Crippen LogP contribution >= 0.6 is 11.3 Å². The van der Waals surface area contributed by atoms with Gasteiger partial charge in [0.25, 0.3) is 5.91 Å². The van der Waals surface area contributed by atoms with E-state index in [-0.39, 0.29) is 17.9 Å². The van der Waals surface area contributed by atoms with Crippen LogP contribution in [0, 0.1) is 0 Å². The first-order chi connectivity index (χ1) is 13.1. The first-order valence-electron chi connectivity index (χ1n) is 9.18. The minimum atomic E-state index is -0.312. The molecule has 1 amide bonds. The molecule has 0 saturated carbocycles. The number of anilines is 1. The summed E-state index contributed by atoms with van der Waals surface area (Å²) in [5.74, 6) is -0.301. The molecule has 5 nitrogen and oxygen atoms in total. The number of hydrogen-bond donors (Lipinski definition) is 1. The van der Waals surface area contributed by atoms with E-state index < -0.39 is 0 Å². The van der Waals surface area contributed by atoms with Crippen LogP contribution in [0.1, 0.15) is 30.6 Å². The second kappa shape index (κ2) is 8.97. The average Bonchev–Trinajstić information content (AvgIpc) is 3.35. The second-order valence-corrected chi connectivity index (χ2v) is 7.35. The van der Waals surface area contributed by atoms with E-state index in [1.165, 1.54) is 0 Å². The molecule has 2 heterocycles. The Morgan fingerprint density at radius 2 is 2.04 bits per heavy atom. The standard InChI is InChI=1S/C21H24N2O3S/c1-3-5-19(24)23(17-12-13-22-14-17)20-11-10-18(27-20)15-6-8-16(9-7-15)21(25)26-4-2/h3,5-11,17,22H,4,12-14H2,1-2H3. The summed E-state index contributed by atoms with van der Waals surface area (Å²) in [6.45, 7) is 5.75. The number of ether oxygens (including phenoxy) is 1. The van der Waals surface area contributed by atoms with Crippen LogP contribution in [-0.2, 0) is 9.53 Å². The number of nitrogens with one attached hydrogen (secondary N) is 1. The molecular weight excluding hydrogens is 360 g/mol. The number of rotatable bonds is 6. The van der Waals surface area contributed by atoms with Crippen molar-refractivity contribution in [2.75, 3.05) is 24.6 Å². The summed E-state index contributed by atoms with van der Waals surface area (Å²) in [7, 11) is 0. The van der Waals surface area contributed by atoms with Gasteiger partial charge in [0.2, 0.25) is 0 Å². The minimum absolute atomic E-state index is 0.0114. The van der Waals surface area contributed by atoms with Crippen molar-refractivity contribution in [2.45, 2.75) is 26.3 Å². The van der Waals surface area contributed by atoms with Crippen LogP contribution in [0.25, 0.3) is 10.4 Å². The molecule has 1 aliphatic rings. The van der Waals surface area contributed by atoms with Crippen molar-refractivity contribution in [3.8, 4) is 10.4 Å². The highest BCUT2D eigenvalue weighted by Crippen LogP contribution is 2.35. The Labute approximate surface area is 163 Å². The maximum absolute atomic E-state index is 12.6. The Morgan fingerprint density at radius 3 is 2.67 bits per heavy atom. The monoisotopic (exact) mass is 384 g/mol. The quantitative estimate of drug-likeness (QED) is 0.607. The SMILES string of the molecule is CC=CC(=O)N(c1ccc(-c2ccc(C(=O)OCC)cc2)s1)C1CCNC1. The van der Waals surface area contributed by atoms with Gasteiger partial charge in [0.05, 0.1) is 23.2 Å². The van der Waals surface area contributed by atoms with Gasteiger partial charge in [-0.1, -0.05) is 18.2 Å². The van der Waals surface area contributed by atoms with E-state index in [0.29, 0.717) is 12.2 Å². The van der Waals surface area contributed by atoms with Crippen LogP contribution in [-0.4, -0.2) is 37.6 Å². The molecule has 1 aromatic heterocycles. The maximum Gasteiger partial charge on any atom is 0.338 e. The molecule has 1 fully saturated rings. The number of nitrogens with zero attached hydrogens (tertiary/aromatic N) is 1. The van der Waals surface area contributed by atoms with Gasteiger partial charge in [-0.3, -0.25) is 9.69 Å². The predicted molar refractivity (Wildman–Crippen MR) is 109 cm³/mol. The summed E-state index contributed by atoms with van der Waals surface area (Å²) in [5, 5.41) is 4.27. The molecule has 0 radical (unpaired) electrons. The summed E-state index contributed by atoms with van der Waals surface area (Å²) in [5.41, 5.74) is 1.56. The van der Waals surface area contributed by atoms with E-state index in [1.807, 2.05) is 36.1 Å². The molecule has 27 heavy (non-hydrogen) atoms. The highest BCUT2D eigenvalue weighted by atomic mass is 32.1. The number of esters is 1. The van der Waals surface area contributed by atoms with E-state index in [9.17, 15) is 9.59 Å². The lowest BCUT2D eigenvalue weighted by atomic mass is 10.1. The summed E-state index contributed by atoms with van der Waals surface area (Å²) < 4.78 is 5.02. The molecule has 0 spiro atoms. The first kappa shape index (κ1) is 19.3. The Morgan fingerprint density at radius 1 is 1.26 bits per heavy atom. The number of thiophene rings is 1. The van der Waals surface area contributed by atoms with Crippen molar-refractivity contribution in [1.82, 2.24) is 5.32 Å². The third-order valence-electron chi connectivity index (χ3n) is 4.46. The van der Waals surface area contributed by atoms with Gasteiger partial charge in [-0.2, -0.15) is 0 Å². The highest BCUT2D eigenvalue weighted by molar-refractivity contribution is 7.19. The molecule has 1 aliphatic heterocycles. The fourth-order valence-electron chi connectivity index (χ4n) is 3.15. The Balaban J connectivity index is 1.83. The highest BCUT2D eigenvalue weighted by Gasteiger charge is 2.27. The molecule has 0 bridgehead atoms. The third kappa shape index (κ3) is 4.46. The number of carbonyl (C=O) groups excluding carboxylic acids is 2. The fourth-order valence-corrected chi connectivity index (χ4v) is 4.24. The van der Waals surface area contributed by atoms with Crippen molar-refractivity contribution >= 4 is 28.2 Å². The number of amides is 1. The number of carbonyl (C=O) groups is 2. The number of hydrogen-bond acceptors (Lipinski definition) is 5.